The molecule has 18 heavy (non-hydrogen) atoms. The number of carbonyl (C=O) groups excluding carboxylic acids is 1. The van der Waals surface area contributed by atoms with Crippen LogP contribution < -0.4 is 5.73 Å². The molecule has 1 amide bonds. The Bertz CT molecular complexity index is 365. The first-order valence-electron chi connectivity index (χ1n) is 5.91. The summed E-state index contributed by atoms with van der Waals surface area (Å²) in [6, 6.07) is 7.17. The van der Waals surface area contributed by atoms with Crippen LogP contribution in [0.15, 0.2) is 24.3 Å². The van der Waals surface area contributed by atoms with Crippen molar-refractivity contribution >= 4 is 5.91 Å². The first-order valence-corrected chi connectivity index (χ1v) is 5.91. The summed E-state index contributed by atoms with van der Waals surface area (Å²) in [6.45, 7) is 1.62. The second-order valence-corrected chi connectivity index (χ2v) is 3.91. The van der Waals surface area contributed by atoms with Crippen molar-refractivity contribution in [3.05, 3.63) is 35.4 Å². The molecule has 0 aliphatic heterocycles. The van der Waals surface area contributed by atoms with Crippen LogP contribution in [-0.4, -0.2) is 49.3 Å². The van der Waals surface area contributed by atoms with E-state index in [1.165, 1.54) is 0 Å². The van der Waals surface area contributed by atoms with E-state index in [0.29, 0.717) is 31.8 Å². The molecule has 0 bridgehead atoms. The van der Waals surface area contributed by atoms with E-state index in [4.69, 9.17) is 15.6 Å². The Morgan fingerprint density at radius 3 is 2.50 bits per heavy atom. The van der Waals surface area contributed by atoms with Gasteiger partial charge in [0.05, 0.1) is 13.2 Å². The number of carbonyl (C=O) groups is 1. The van der Waals surface area contributed by atoms with Crippen LogP contribution in [0.2, 0.25) is 0 Å². The fraction of sp³-hybridized carbons (Fsp3) is 0.462. The zero-order valence-corrected chi connectivity index (χ0v) is 10.6. The van der Waals surface area contributed by atoms with Gasteiger partial charge in [0.1, 0.15) is 0 Å². The summed E-state index contributed by atoms with van der Waals surface area (Å²) < 4.78 is 4.95. The van der Waals surface area contributed by atoms with Crippen LogP contribution in [0.4, 0.5) is 0 Å². The van der Waals surface area contributed by atoms with E-state index in [1.54, 1.807) is 24.1 Å². The Balaban J connectivity index is 2.73. The van der Waals surface area contributed by atoms with E-state index in [9.17, 15) is 4.79 Å². The van der Waals surface area contributed by atoms with Gasteiger partial charge < -0.3 is 20.5 Å². The highest BCUT2D eigenvalue weighted by atomic mass is 16.5. The molecule has 0 aliphatic carbocycles. The number of aliphatic hydroxyl groups excluding tert-OH is 1. The van der Waals surface area contributed by atoms with Gasteiger partial charge in [0.15, 0.2) is 0 Å². The topological polar surface area (TPSA) is 75.8 Å². The monoisotopic (exact) mass is 252 g/mol. The Kier molecular flexibility index (Phi) is 6.35. The molecule has 0 spiro atoms. The molecular weight excluding hydrogens is 232 g/mol. The summed E-state index contributed by atoms with van der Waals surface area (Å²) in [4.78, 5) is 13.7. The molecule has 0 saturated heterocycles. The molecule has 0 radical (unpaired) electrons. The Morgan fingerprint density at radius 2 is 2.00 bits per heavy atom. The predicted octanol–water partition coefficient (Wildman–Crippen LogP) is 0.226. The van der Waals surface area contributed by atoms with Gasteiger partial charge in [-0.1, -0.05) is 12.1 Å². The van der Waals surface area contributed by atoms with Gasteiger partial charge in [0, 0.05) is 32.3 Å². The van der Waals surface area contributed by atoms with E-state index in [-0.39, 0.29) is 12.5 Å². The second kappa shape index (κ2) is 7.81. The Morgan fingerprint density at radius 1 is 1.33 bits per heavy atom. The van der Waals surface area contributed by atoms with Crippen molar-refractivity contribution < 1.29 is 14.6 Å². The largest absolute Gasteiger partial charge is 0.395 e. The summed E-state index contributed by atoms with van der Waals surface area (Å²) in [5.74, 6) is -0.107. The van der Waals surface area contributed by atoms with Gasteiger partial charge in [-0.15, -0.1) is 0 Å². The minimum absolute atomic E-state index is 0.0592. The van der Waals surface area contributed by atoms with Crippen LogP contribution in [0.3, 0.4) is 0 Å². The number of nitrogens with zero attached hydrogens (tertiary/aromatic N) is 1. The number of benzene rings is 1. The minimum Gasteiger partial charge on any atom is -0.395 e. The summed E-state index contributed by atoms with van der Waals surface area (Å²) in [5, 5.41) is 8.96. The van der Waals surface area contributed by atoms with Gasteiger partial charge in [0.2, 0.25) is 0 Å². The zero-order chi connectivity index (χ0) is 13.4. The quantitative estimate of drug-likeness (QED) is 0.728. The van der Waals surface area contributed by atoms with Crippen LogP contribution in [0.25, 0.3) is 0 Å². The standard InChI is InChI=1S/C13H20N2O3/c1-18-9-7-15(6-8-16)13(17)12-4-2-11(10-14)3-5-12/h2-5,16H,6-10,14H2,1H3. The number of methoxy groups -OCH3 is 1. The molecule has 5 nitrogen and oxygen atoms in total. The van der Waals surface area contributed by atoms with Gasteiger partial charge in [-0.25, -0.2) is 0 Å². The number of hydrogen-bond donors (Lipinski definition) is 2. The molecule has 0 heterocycles. The minimum atomic E-state index is -0.107. The van der Waals surface area contributed by atoms with E-state index in [0.717, 1.165) is 5.56 Å². The lowest BCUT2D eigenvalue weighted by molar-refractivity contribution is 0.0656. The molecule has 1 rings (SSSR count). The molecule has 100 valence electrons. The fourth-order valence-corrected chi connectivity index (χ4v) is 1.60. The van der Waals surface area contributed by atoms with Crippen LogP contribution in [-0.2, 0) is 11.3 Å². The van der Waals surface area contributed by atoms with Gasteiger partial charge in [-0.2, -0.15) is 0 Å². The van der Waals surface area contributed by atoms with Crippen molar-refractivity contribution in [1.29, 1.82) is 0 Å². The van der Waals surface area contributed by atoms with E-state index >= 15 is 0 Å². The number of hydrogen-bond acceptors (Lipinski definition) is 4. The highest BCUT2D eigenvalue weighted by Gasteiger charge is 2.14. The maximum absolute atomic E-state index is 12.2. The molecule has 1 aromatic carbocycles. The van der Waals surface area contributed by atoms with Gasteiger partial charge in [-0.05, 0) is 17.7 Å². The summed E-state index contributed by atoms with van der Waals surface area (Å²) >= 11 is 0. The SMILES string of the molecule is COCCN(CCO)C(=O)c1ccc(CN)cc1. The van der Waals surface area contributed by atoms with E-state index in [2.05, 4.69) is 0 Å². The molecule has 0 fully saturated rings. The first kappa shape index (κ1) is 14.6. The van der Waals surface area contributed by atoms with E-state index < -0.39 is 0 Å². The molecule has 1 aromatic rings. The van der Waals surface area contributed by atoms with Gasteiger partial charge in [-0.3, -0.25) is 4.79 Å². The maximum atomic E-state index is 12.2. The summed E-state index contributed by atoms with van der Waals surface area (Å²) in [7, 11) is 1.58. The molecule has 3 N–H and O–H groups in total. The van der Waals surface area contributed by atoms with Crippen molar-refractivity contribution in [3.8, 4) is 0 Å². The normalized spacial score (nSPS) is 10.4. The van der Waals surface area contributed by atoms with Crippen molar-refractivity contribution in [2.24, 2.45) is 5.73 Å². The van der Waals surface area contributed by atoms with Crippen molar-refractivity contribution in [2.75, 3.05) is 33.4 Å². The fourth-order valence-electron chi connectivity index (χ4n) is 1.60. The van der Waals surface area contributed by atoms with Crippen molar-refractivity contribution in [3.63, 3.8) is 0 Å². The summed E-state index contributed by atoms with van der Waals surface area (Å²) in [6.07, 6.45) is 0. The Hall–Kier alpha value is -1.43. The molecule has 0 unspecified atom stereocenters. The third-order valence-corrected chi connectivity index (χ3v) is 2.66. The third-order valence-electron chi connectivity index (χ3n) is 2.66. The highest BCUT2D eigenvalue weighted by Crippen LogP contribution is 2.07. The number of rotatable bonds is 7. The highest BCUT2D eigenvalue weighted by molar-refractivity contribution is 5.94. The van der Waals surface area contributed by atoms with Crippen LogP contribution >= 0.6 is 0 Å². The molecule has 0 aromatic heterocycles. The average Bonchev–Trinajstić information content (AvgIpc) is 2.43. The van der Waals surface area contributed by atoms with Crippen LogP contribution in [0.1, 0.15) is 15.9 Å². The lowest BCUT2D eigenvalue weighted by atomic mass is 10.1. The van der Waals surface area contributed by atoms with E-state index in [1.807, 2.05) is 12.1 Å². The number of amides is 1. The lowest BCUT2D eigenvalue weighted by Crippen LogP contribution is -2.36. The molecular formula is C13H20N2O3. The molecule has 5 heteroatoms. The van der Waals surface area contributed by atoms with Gasteiger partial charge >= 0.3 is 0 Å². The van der Waals surface area contributed by atoms with Crippen LogP contribution in [0, 0.1) is 0 Å². The Labute approximate surface area is 107 Å². The number of aliphatic hydroxyl groups is 1. The van der Waals surface area contributed by atoms with Crippen molar-refractivity contribution in [1.82, 2.24) is 4.90 Å². The second-order valence-electron chi connectivity index (χ2n) is 3.91. The third kappa shape index (κ3) is 4.10. The maximum Gasteiger partial charge on any atom is 0.254 e. The smallest absolute Gasteiger partial charge is 0.254 e. The lowest BCUT2D eigenvalue weighted by Gasteiger charge is -2.21. The van der Waals surface area contributed by atoms with Crippen molar-refractivity contribution in [2.45, 2.75) is 6.54 Å². The number of nitrogens with two attached hydrogens (primary N) is 1. The number of ether oxygens (including phenoxy) is 1. The molecule has 0 atom stereocenters. The van der Waals surface area contributed by atoms with Gasteiger partial charge in [0.25, 0.3) is 5.91 Å². The van der Waals surface area contributed by atoms with Crippen LogP contribution in [0.5, 0.6) is 0 Å². The molecule has 0 saturated carbocycles. The average molecular weight is 252 g/mol. The zero-order valence-electron chi connectivity index (χ0n) is 10.6. The predicted molar refractivity (Wildman–Crippen MR) is 69.2 cm³/mol. The molecule has 0 aliphatic rings. The first-order chi connectivity index (χ1) is 8.72. The summed E-state index contributed by atoms with van der Waals surface area (Å²) in [5.41, 5.74) is 7.08.